The van der Waals surface area contributed by atoms with Gasteiger partial charge in [-0.15, -0.1) is 0 Å². The molecule has 72 valence electrons. The molecule has 0 aliphatic carbocycles. The molecule has 1 atom stereocenters. The van der Waals surface area contributed by atoms with E-state index >= 15 is 0 Å². The molecule has 0 aliphatic heterocycles. The number of hydrogen-bond acceptors (Lipinski definition) is 2. The maximum Gasteiger partial charge on any atom is 0.0950 e. The first-order chi connectivity index (χ1) is 6.09. The van der Waals surface area contributed by atoms with E-state index < -0.39 is 6.10 Å². The second-order valence-corrected chi connectivity index (χ2v) is 3.42. The average molecular weight is 180 g/mol. The molecule has 3 heteroatoms. The van der Waals surface area contributed by atoms with Crippen LogP contribution in [0.1, 0.15) is 32.6 Å². The summed E-state index contributed by atoms with van der Waals surface area (Å²) in [4.78, 5) is 0. The van der Waals surface area contributed by atoms with Crippen LogP contribution in [0.3, 0.4) is 0 Å². The highest BCUT2D eigenvalue weighted by atomic mass is 16.3. The van der Waals surface area contributed by atoms with Gasteiger partial charge in [-0.25, -0.2) is 0 Å². The number of rotatable bonds is 3. The van der Waals surface area contributed by atoms with Gasteiger partial charge in [0.25, 0.3) is 0 Å². The molecule has 0 bridgehead atoms. The number of aliphatic hydroxyl groups excluding tert-OH is 1. The summed E-state index contributed by atoms with van der Waals surface area (Å²) in [5.74, 6) is 0. The Morgan fingerprint density at radius 1 is 1.69 bits per heavy atom. The van der Waals surface area contributed by atoms with Gasteiger partial charge in [0.2, 0.25) is 0 Å². The molecule has 0 saturated carbocycles. The Balaban J connectivity index is 2.64. The zero-order valence-electron chi connectivity index (χ0n) is 8.36. The van der Waals surface area contributed by atoms with Gasteiger partial charge in [-0.2, -0.15) is 5.10 Å². The average Bonchev–Trinajstić information content (AvgIpc) is 2.48. The molecule has 0 amide bonds. The van der Waals surface area contributed by atoms with Crippen molar-refractivity contribution >= 4 is 0 Å². The molecule has 0 radical (unpaired) electrons. The van der Waals surface area contributed by atoms with E-state index in [0.29, 0.717) is 0 Å². The van der Waals surface area contributed by atoms with Crippen LogP contribution in [-0.2, 0) is 6.54 Å². The molecule has 0 aromatic carbocycles. The molecular formula is C10H16N2O. The van der Waals surface area contributed by atoms with E-state index in [4.69, 9.17) is 0 Å². The molecule has 1 aromatic heterocycles. The van der Waals surface area contributed by atoms with Crippen LogP contribution in [0.2, 0.25) is 0 Å². The van der Waals surface area contributed by atoms with Gasteiger partial charge in [0.05, 0.1) is 18.3 Å². The maximum atomic E-state index is 9.22. The first-order valence-electron chi connectivity index (χ1n) is 4.44. The fraction of sp³-hybridized carbons (Fsp3) is 0.500. The van der Waals surface area contributed by atoms with Crippen molar-refractivity contribution in [2.24, 2.45) is 0 Å². The monoisotopic (exact) mass is 180 g/mol. The number of aromatic nitrogens is 2. The predicted octanol–water partition coefficient (Wildman–Crippen LogP) is 1.90. The van der Waals surface area contributed by atoms with Crippen molar-refractivity contribution in [1.82, 2.24) is 9.78 Å². The first kappa shape index (κ1) is 9.99. The van der Waals surface area contributed by atoms with E-state index in [0.717, 1.165) is 12.2 Å². The predicted molar refractivity (Wildman–Crippen MR) is 52.3 cm³/mol. The lowest BCUT2D eigenvalue weighted by Crippen LogP contribution is -1.99. The molecule has 1 N–H and O–H groups in total. The summed E-state index contributed by atoms with van der Waals surface area (Å²) in [5, 5.41) is 13.4. The SMILES string of the molecule is CC(C)=CCn1ccc(C(C)O)n1. The van der Waals surface area contributed by atoms with Crippen molar-refractivity contribution in [1.29, 1.82) is 0 Å². The minimum Gasteiger partial charge on any atom is -0.387 e. The summed E-state index contributed by atoms with van der Waals surface area (Å²) in [7, 11) is 0. The van der Waals surface area contributed by atoms with Crippen molar-refractivity contribution in [3.05, 3.63) is 29.6 Å². The second-order valence-electron chi connectivity index (χ2n) is 3.42. The van der Waals surface area contributed by atoms with Gasteiger partial charge in [-0.05, 0) is 26.8 Å². The van der Waals surface area contributed by atoms with E-state index in [2.05, 4.69) is 25.0 Å². The Kier molecular flexibility index (Phi) is 3.25. The van der Waals surface area contributed by atoms with E-state index in [9.17, 15) is 5.11 Å². The van der Waals surface area contributed by atoms with Crippen molar-refractivity contribution in [2.75, 3.05) is 0 Å². The number of allylic oxidation sites excluding steroid dienone is 2. The summed E-state index contributed by atoms with van der Waals surface area (Å²) in [5.41, 5.74) is 2.00. The highest BCUT2D eigenvalue weighted by molar-refractivity contribution is 5.02. The first-order valence-corrected chi connectivity index (χ1v) is 4.44. The summed E-state index contributed by atoms with van der Waals surface area (Å²) >= 11 is 0. The summed E-state index contributed by atoms with van der Waals surface area (Å²) < 4.78 is 1.81. The molecule has 1 unspecified atom stereocenters. The van der Waals surface area contributed by atoms with E-state index in [-0.39, 0.29) is 0 Å². The molecule has 1 heterocycles. The lowest BCUT2D eigenvalue weighted by molar-refractivity contribution is 0.193. The van der Waals surface area contributed by atoms with Crippen LogP contribution in [0.15, 0.2) is 23.9 Å². The molecule has 13 heavy (non-hydrogen) atoms. The quantitative estimate of drug-likeness (QED) is 0.721. The van der Waals surface area contributed by atoms with Crippen LogP contribution in [0, 0.1) is 0 Å². The Hall–Kier alpha value is -1.09. The lowest BCUT2D eigenvalue weighted by Gasteiger charge is -1.98. The van der Waals surface area contributed by atoms with E-state index in [1.54, 1.807) is 6.92 Å². The third-order valence-electron chi connectivity index (χ3n) is 1.78. The second kappa shape index (κ2) is 4.23. The van der Waals surface area contributed by atoms with Gasteiger partial charge < -0.3 is 5.11 Å². The largest absolute Gasteiger partial charge is 0.387 e. The molecule has 1 aromatic rings. The van der Waals surface area contributed by atoms with Crippen LogP contribution in [0.5, 0.6) is 0 Å². The number of hydrogen-bond donors (Lipinski definition) is 1. The Morgan fingerprint density at radius 2 is 2.38 bits per heavy atom. The van der Waals surface area contributed by atoms with Crippen molar-refractivity contribution < 1.29 is 5.11 Å². The zero-order chi connectivity index (χ0) is 9.84. The Labute approximate surface area is 78.7 Å². The third kappa shape index (κ3) is 3.03. The molecule has 3 nitrogen and oxygen atoms in total. The van der Waals surface area contributed by atoms with Crippen LogP contribution in [0.4, 0.5) is 0 Å². The summed E-state index contributed by atoms with van der Waals surface area (Å²) in [6.07, 6.45) is 3.49. The maximum absolute atomic E-state index is 9.22. The Morgan fingerprint density at radius 3 is 2.85 bits per heavy atom. The normalized spacial score (nSPS) is 12.6. The van der Waals surface area contributed by atoms with E-state index in [1.807, 2.05) is 16.9 Å². The van der Waals surface area contributed by atoms with Gasteiger partial charge in [-0.1, -0.05) is 11.6 Å². The van der Waals surface area contributed by atoms with Crippen LogP contribution >= 0.6 is 0 Å². The summed E-state index contributed by atoms with van der Waals surface area (Å²) in [6.45, 7) is 6.60. The molecule has 0 fully saturated rings. The molecule has 0 saturated heterocycles. The standard InChI is InChI=1S/C10H16N2O/c1-8(2)4-6-12-7-5-10(11-12)9(3)13/h4-5,7,9,13H,6H2,1-3H3. The summed E-state index contributed by atoms with van der Waals surface area (Å²) in [6, 6.07) is 1.84. The van der Waals surface area contributed by atoms with Gasteiger partial charge in [0, 0.05) is 6.20 Å². The number of aliphatic hydroxyl groups is 1. The van der Waals surface area contributed by atoms with Gasteiger partial charge in [-0.3, -0.25) is 4.68 Å². The van der Waals surface area contributed by atoms with Crippen LogP contribution < -0.4 is 0 Å². The fourth-order valence-corrected chi connectivity index (χ4v) is 0.978. The topological polar surface area (TPSA) is 38.0 Å². The highest BCUT2D eigenvalue weighted by Crippen LogP contribution is 2.07. The van der Waals surface area contributed by atoms with Crippen molar-refractivity contribution in [3.63, 3.8) is 0 Å². The van der Waals surface area contributed by atoms with Crippen molar-refractivity contribution in [3.8, 4) is 0 Å². The van der Waals surface area contributed by atoms with Crippen molar-refractivity contribution in [2.45, 2.75) is 33.4 Å². The third-order valence-corrected chi connectivity index (χ3v) is 1.78. The minimum absolute atomic E-state index is 0.479. The van der Waals surface area contributed by atoms with Gasteiger partial charge in [0.15, 0.2) is 0 Å². The zero-order valence-corrected chi connectivity index (χ0v) is 8.36. The lowest BCUT2D eigenvalue weighted by atomic mass is 10.3. The smallest absolute Gasteiger partial charge is 0.0950 e. The molecule has 0 spiro atoms. The minimum atomic E-state index is -0.479. The van der Waals surface area contributed by atoms with Crippen LogP contribution in [0.25, 0.3) is 0 Å². The van der Waals surface area contributed by atoms with Gasteiger partial charge in [0.1, 0.15) is 0 Å². The highest BCUT2D eigenvalue weighted by Gasteiger charge is 2.03. The molecule has 0 aliphatic rings. The van der Waals surface area contributed by atoms with Crippen LogP contribution in [-0.4, -0.2) is 14.9 Å². The molecule has 1 rings (SSSR count). The molecular weight excluding hydrogens is 164 g/mol. The number of nitrogens with zero attached hydrogens (tertiary/aromatic N) is 2. The Bertz CT molecular complexity index is 296. The van der Waals surface area contributed by atoms with E-state index in [1.165, 1.54) is 5.57 Å². The fourth-order valence-electron chi connectivity index (χ4n) is 0.978. The van der Waals surface area contributed by atoms with Gasteiger partial charge >= 0.3 is 0 Å².